The number of carboxylic acid groups (broad SMARTS) is 1. The highest BCUT2D eigenvalue weighted by molar-refractivity contribution is 5.80. The fourth-order valence-electron chi connectivity index (χ4n) is 1.60. The van der Waals surface area contributed by atoms with Gasteiger partial charge in [-0.2, -0.15) is 0 Å². The van der Waals surface area contributed by atoms with Crippen molar-refractivity contribution in [3.8, 4) is 0 Å². The molecule has 0 rings (SSSR count). The molecule has 0 aromatic carbocycles. The van der Waals surface area contributed by atoms with Crippen molar-refractivity contribution in [1.82, 2.24) is 10.2 Å². The number of carbonyl (C=O) groups is 2. The number of nitrogens with one attached hydrogen (secondary N) is 1. The Labute approximate surface area is 115 Å². The van der Waals surface area contributed by atoms with Crippen LogP contribution >= 0.6 is 0 Å². The Bertz CT molecular complexity index is 269. The van der Waals surface area contributed by atoms with Crippen LogP contribution < -0.4 is 5.32 Å². The Hall–Kier alpha value is -1.30. The number of rotatable bonds is 10. The molecule has 6 heteroatoms. The molecular weight excluding hydrogens is 248 g/mol. The molecule has 2 amide bonds. The van der Waals surface area contributed by atoms with Gasteiger partial charge in [-0.25, -0.2) is 4.79 Å². The number of nitrogens with zero attached hydrogens (tertiary/aromatic N) is 1. The number of urea groups is 1. The number of hydrogen-bond donors (Lipinski definition) is 2. The number of unbranched alkanes of at least 4 members (excludes halogenated alkanes) is 1. The van der Waals surface area contributed by atoms with Crippen molar-refractivity contribution in [3.05, 3.63) is 0 Å². The minimum absolute atomic E-state index is 0.278. The molecular formula is C13H26N2O4. The van der Waals surface area contributed by atoms with Gasteiger partial charge in [-0.1, -0.05) is 26.7 Å². The number of ether oxygens (including phenoxy) is 1. The molecule has 0 aliphatic rings. The molecule has 0 heterocycles. The van der Waals surface area contributed by atoms with E-state index >= 15 is 0 Å². The van der Waals surface area contributed by atoms with E-state index in [-0.39, 0.29) is 19.1 Å². The summed E-state index contributed by atoms with van der Waals surface area (Å²) in [6.45, 7) is 5.21. The van der Waals surface area contributed by atoms with E-state index in [1.807, 2.05) is 0 Å². The molecule has 19 heavy (non-hydrogen) atoms. The normalized spacial score (nSPS) is 10.5. The molecule has 0 fully saturated rings. The lowest BCUT2D eigenvalue weighted by molar-refractivity contribution is -0.137. The summed E-state index contributed by atoms with van der Waals surface area (Å²) in [6, 6.07) is -0.344. The second-order valence-corrected chi connectivity index (χ2v) is 4.93. The molecule has 0 aliphatic carbocycles. The molecule has 0 atom stereocenters. The van der Waals surface area contributed by atoms with Crippen LogP contribution in [0.4, 0.5) is 4.79 Å². The van der Waals surface area contributed by atoms with Gasteiger partial charge < -0.3 is 20.1 Å². The van der Waals surface area contributed by atoms with Crippen molar-refractivity contribution in [2.45, 2.75) is 33.1 Å². The van der Waals surface area contributed by atoms with Gasteiger partial charge in [0.05, 0.1) is 6.61 Å². The molecule has 0 bridgehead atoms. The second kappa shape index (κ2) is 10.6. The number of carboxylic acids is 1. The maximum Gasteiger partial charge on any atom is 0.323 e. The lowest BCUT2D eigenvalue weighted by atomic mass is 10.1. The SMILES string of the molecule is COCCN(CC(=O)O)C(=O)NCCCCC(C)C. The van der Waals surface area contributed by atoms with E-state index in [0.717, 1.165) is 19.3 Å². The third-order valence-electron chi connectivity index (χ3n) is 2.66. The summed E-state index contributed by atoms with van der Waals surface area (Å²) < 4.78 is 4.86. The van der Waals surface area contributed by atoms with Gasteiger partial charge in [0.25, 0.3) is 0 Å². The molecule has 112 valence electrons. The molecule has 0 saturated carbocycles. The summed E-state index contributed by atoms with van der Waals surface area (Å²) in [7, 11) is 1.52. The number of hydrogen-bond acceptors (Lipinski definition) is 3. The minimum atomic E-state index is -1.02. The van der Waals surface area contributed by atoms with Crippen molar-refractivity contribution in [2.75, 3.05) is 33.4 Å². The highest BCUT2D eigenvalue weighted by Gasteiger charge is 2.15. The summed E-state index contributed by atoms with van der Waals surface area (Å²) in [5, 5.41) is 11.5. The van der Waals surface area contributed by atoms with E-state index in [1.165, 1.54) is 12.0 Å². The zero-order valence-electron chi connectivity index (χ0n) is 12.1. The van der Waals surface area contributed by atoms with Crippen molar-refractivity contribution >= 4 is 12.0 Å². The van der Waals surface area contributed by atoms with Crippen LogP contribution in [0.3, 0.4) is 0 Å². The molecule has 0 aromatic rings. The minimum Gasteiger partial charge on any atom is -0.480 e. The summed E-state index contributed by atoms with van der Waals surface area (Å²) in [6.07, 6.45) is 3.11. The topological polar surface area (TPSA) is 78.9 Å². The van der Waals surface area contributed by atoms with Gasteiger partial charge in [0.1, 0.15) is 6.54 Å². The maximum absolute atomic E-state index is 11.8. The third kappa shape index (κ3) is 10.3. The molecule has 0 aliphatic heterocycles. The average Bonchev–Trinajstić information content (AvgIpc) is 2.32. The van der Waals surface area contributed by atoms with E-state index in [0.29, 0.717) is 19.1 Å². The van der Waals surface area contributed by atoms with Crippen molar-refractivity contribution in [2.24, 2.45) is 5.92 Å². The zero-order chi connectivity index (χ0) is 14.7. The molecule has 0 aromatic heterocycles. The van der Waals surface area contributed by atoms with Crippen LogP contribution in [-0.2, 0) is 9.53 Å². The lowest BCUT2D eigenvalue weighted by Crippen LogP contribution is -2.44. The first-order valence-electron chi connectivity index (χ1n) is 6.70. The van der Waals surface area contributed by atoms with Crippen molar-refractivity contribution in [1.29, 1.82) is 0 Å². The van der Waals surface area contributed by atoms with Crippen LogP contribution in [0.5, 0.6) is 0 Å². The van der Waals surface area contributed by atoms with Gasteiger partial charge in [0.15, 0.2) is 0 Å². The fraction of sp³-hybridized carbons (Fsp3) is 0.846. The molecule has 2 N–H and O–H groups in total. The van der Waals surface area contributed by atoms with Crippen LogP contribution in [0.2, 0.25) is 0 Å². The molecule has 0 spiro atoms. The van der Waals surface area contributed by atoms with E-state index < -0.39 is 5.97 Å². The average molecular weight is 274 g/mol. The van der Waals surface area contributed by atoms with Crippen LogP contribution in [0, 0.1) is 5.92 Å². The molecule has 0 radical (unpaired) electrons. The lowest BCUT2D eigenvalue weighted by Gasteiger charge is -2.20. The van der Waals surface area contributed by atoms with Crippen LogP contribution in [0.25, 0.3) is 0 Å². The summed E-state index contributed by atoms with van der Waals surface area (Å²) >= 11 is 0. The van der Waals surface area contributed by atoms with Gasteiger partial charge in [0.2, 0.25) is 0 Å². The van der Waals surface area contributed by atoms with Crippen molar-refractivity contribution in [3.63, 3.8) is 0 Å². The Morgan fingerprint density at radius 2 is 2.00 bits per heavy atom. The Kier molecular flexibility index (Phi) is 9.88. The predicted octanol–water partition coefficient (Wildman–Crippen LogP) is 1.56. The Morgan fingerprint density at radius 1 is 1.32 bits per heavy atom. The van der Waals surface area contributed by atoms with Gasteiger partial charge in [-0.3, -0.25) is 4.79 Å². The monoisotopic (exact) mass is 274 g/mol. The third-order valence-corrected chi connectivity index (χ3v) is 2.66. The van der Waals surface area contributed by atoms with Crippen LogP contribution in [0.1, 0.15) is 33.1 Å². The predicted molar refractivity (Wildman–Crippen MR) is 73.2 cm³/mol. The number of carbonyl (C=O) groups excluding carboxylic acids is 1. The smallest absolute Gasteiger partial charge is 0.323 e. The standard InChI is InChI=1S/C13H26N2O4/c1-11(2)6-4-5-7-14-13(18)15(8-9-19-3)10-12(16)17/h11H,4-10H2,1-3H3,(H,14,18)(H,16,17). The second-order valence-electron chi connectivity index (χ2n) is 4.93. The largest absolute Gasteiger partial charge is 0.480 e. The highest BCUT2D eigenvalue weighted by atomic mass is 16.5. The van der Waals surface area contributed by atoms with E-state index in [9.17, 15) is 9.59 Å². The van der Waals surface area contributed by atoms with Crippen molar-refractivity contribution < 1.29 is 19.4 Å². The van der Waals surface area contributed by atoms with Gasteiger partial charge in [-0.05, 0) is 12.3 Å². The number of aliphatic carboxylic acids is 1. The first-order chi connectivity index (χ1) is 8.97. The maximum atomic E-state index is 11.8. The Morgan fingerprint density at radius 3 is 2.53 bits per heavy atom. The fourth-order valence-corrected chi connectivity index (χ4v) is 1.60. The first-order valence-corrected chi connectivity index (χ1v) is 6.70. The molecule has 0 unspecified atom stereocenters. The summed E-state index contributed by atoms with van der Waals surface area (Å²) in [4.78, 5) is 23.7. The quantitative estimate of drug-likeness (QED) is 0.592. The first kappa shape index (κ1) is 17.7. The summed E-state index contributed by atoms with van der Waals surface area (Å²) in [5.41, 5.74) is 0. The molecule has 0 saturated heterocycles. The van der Waals surface area contributed by atoms with Gasteiger partial charge in [0, 0.05) is 20.2 Å². The highest BCUT2D eigenvalue weighted by Crippen LogP contribution is 2.05. The number of amides is 2. The van der Waals surface area contributed by atoms with E-state index in [1.54, 1.807) is 0 Å². The van der Waals surface area contributed by atoms with Crippen LogP contribution in [-0.4, -0.2) is 55.4 Å². The van der Waals surface area contributed by atoms with Gasteiger partial charge >= 0.3 is 12.0 Å². The zero-order valence-corrected chi connectivity index (χ0v) is 12.1. The van der Waals surface area contributed by atoms with Crippen LogP contribution in [0.15, 0.2) is 0 Å². The van der Waals surface area contributed by atoms with E-state index in [2.05, 4.69) is 19.2 Å². The Balaban J connectivity index is 3.92. The summed E-state index contributed by atoms with van der Waals surface area (Å²) in [5.74, 6) is -0.355. The number of methoxy groups -OCH3 is 1. The molecule has 6 nitrogen and oxygen atoms in total. The van der Waals surface area contributed by atoms with Gasteiger partial charge in [-0.15, -0.1) is 0 Å². The van der Waals surface area contributed by atoms with E-state index in [4.69, 9.17) is 9.84 Å².